The molecule has 1 aliphatic rings. The highest BCUT2D eigenvalue weighted by atomic mass is 32.1. The lowest BCUT2D eigenvalue weighted by atomic mass is 10.1. The SMILES string of the molecule is O=C(Cn1nnc(-c2ccc(F)cc2)n1)N1N=C(c2cccs2)CC1c1ccco1. The van der Waals surface area contributed by atoms with Crippen LogP contribution in [-0.2, 0) is 11.3 Å². The van der Waals surface area contributed by atoms with E-state index in [1.165, 1.54) is 21.9 Å². The summed E-state index contributed by atoms with van der Waals surface area (Å²) in [4.78, 5) is 15.2. The number of aromatic nitrogens is 4. The fourth-order valence-electron chi connectivity index (χ4n) is 3.25. The lowest BCUT2D eigenvalue weighted by Crippen LogP contribution is -2.31. The van der Waals surface area contributed by atoms with Gasteiger partial charge >= 0.3 is 0 Å². The second-order valence-corrected chi connectivity index (χ2v) is 7.60. The number of nitrogens with zero attached hydrogens (tertiary/aromatic N) is 6. The summed E-state index contributed by atoms with van der Waals surface area (Å²) < 4.78 is 18.6. The molecule has 1 amide bonds. The van der Waals surface area contributed by atoms with Gasteiger partial charge in [0.2, 0.25) is 5.82 Å². The molecule has 8 nitrogen and oxygen atoms in total. The number of tetrazole rings is 1. The molecule has 0 N–H and O–H groups in total. The van der Waals surface area contributed by atoms with Crippen molar-refractivity contribution in [2.45, 2.75) is 19.0 Å². The van der Waals surface area contributed by atoms with Gasteiger partial charge in [-0.05, 0) is 53.1 Å². The highest BCUT2D eigenvalue weighted by molar-refractivity contribution is 7.12. The number of furan rings is 1. The Hall–Kier alpha value is -3.66. The van der Waals surface area contributed by atoms with E-state index in [4.69, 9.17) is 4.42 Å². The number of hydrogen-bond donors (Lipinski definition) is 0. The van der Waals surface area contributed by atoms with Crippen molar-refractivity contribution in [1.82, 2.24) is 25.2 Å². The molecule has 1 aliphatic heterocycles. The van der Waals surface area contributed by atoms with E-state index >= 15 is 0 Å². The Balaban J connectivity index is 1.38. The van der Waals surface area contributed by atoms with Gasteiger partial charge in [0.05, 0.1) is 16.9 Å². The van der Waals surface area contributed by atoms with Gasteiger partial charge in [0, 0.05) is 12.0 Å². The van der Waals surface area contributed by atoms with Crippen molar-refractivity contribution >= 4 is 23.0 Å². The number of amides is 1. The van der Waals surface area contributed by atoms with Gasteiger partial charge in [0.15, 0.2) is 0 Å². The molecule has 1 unspecified atom stereocenters. The third-order valence-corrected chi connectivity index (χ3v) is 5.59. The van der Waals surface area contributed by atoms with E-state index in [0.717, 1.165) is 10.6 Å². The molecular formula is C20H15FN6O2S. The summed E-state index contributed by atoms with van der Waals surface area (Å²) in [7, 11) is 0. The zero-order valence-electron chi connectivity index (χ0n) is 15.6. The van der Waals surface area contributed by atoms with Gasteiger partial charge in [-0.25, -0.2) is 9.40 Å². The molecule has 0 saturated heterocycles. The molecule has 0 fully saturated rings. The van der Waals surface area contributed by atoms with Gasteiger partial charge < -0.3 is 4.42 Å². The Morgan fingerprint density at radius 1 is 1.20 bits per heavy atom. The number of hydrogen-bond acceptors (Lipinski definition) is 7. The topological polar surface area (TPSA) is 89.4 Å². The highest BCUT2D eigenvalue weighted by Crippen LogP contribution is 2.34. The first-order valence-corrected chi connectivity index (χ1v) is 10.1. The Labute approximate surface area is 174 Å². The molecule has 0 aliphatic carbocycles. The maximum atomic E-state index is 13.1. The lowest BCUT2D eigenvalue weighted by Gasteiger charge is -2.19. The van der Waals surface area contributed by atoms with Crippen LogP contribution in [0.2, 0.25) is 0 Å². The van der Waals surface area contributed by atoms with Gasteiger partial charge in [0.25, 0.3) is 5.91 Å². The molecular weight excluding hydrogens is 407 g/mol. The van der Waals surface area contributed by atoms with Gasteiger partial charge in [-0.2, -0.15) is 9.90 Å². The largest absolute Gasteiger partial charge is 0.467 e. The summed E-state index contributed by atoms with van der Waals surface area (Å²) >= 11 is 1.57. The number of carbonyl (C=O) groups excluding carboxylic acids is 1. The number of rotatable bonds is 5. The summed E-state index contributed by atoms with van der Waals surface area (Å²) in [6.45, 7) is -0.132. The monoisotopic (exact) mass is 422 g/mol. The van der Waals surface area contributed by atoms with Crippen LogP contribution in [-0.4, -0.2) is 36.8 Å². The van der Waals surface area contributed by atoms with E-state index in [1.807, 2.05) is 23.6 Å². The molecule has 0 saturated carbocycles. The Morgan fingerprint density at radius 3 is 2.80 bits per heavy atom. The van der Waals surface area contributed by atoms with E-state index < -0.39 is 0 Å². The third kappa shape index (κ3) is 3.52. The summed E-state index contributed by atoms with van der Waals surface area (Å²) in [6, 6.07) is 13.0. The first-order chi connectivity index (χ1) is 14.7. The smallest absolute Gasteiger partial charge is 0.267 e. The zero-order valence-corrected chi connectivity index (χ0v) is 16.4. The molecule has 4 aromatic rings. The van der Waals surface area contributed by atoms with E-state index in [9.17, 15) is 9.18 Å². The van der Waals surface area contributed by atoms with Crippen LogP contribution in [0.4, 0.5) is 4.39 Å². The van der Waals surface area contributed by atoms with Crippen molar-refractivity contribution in [2.75, 3.05) is 0 Å². The maximum absolute atomic E-state index is 13.1. The normalized spacial score (nSPS) is 16.1. The van der Waals surface area contributed by atoms with Crippen molar-refractivity contribution in [3.05, 3.63) is 76.6 Å². The molecule has 30 heavy (non-hydrogen) atoms. The van der Waals surface area contributed by atoms with Crippen LogP contribution in [0.1, 0.15) is 23.1 Å². The second kappa shape index (κ2) is 7.64. The van der Waals surface area contributed by atoms with Crippen LogP contribution in [0.15, 0.2) is 69.7 Å². The van der Waals surface area contributed by atoms with Crippen LogP contribution >= 0.6 is 11.3 Å². The van der Waals surface area contributed by atoms with E-state index in [0.29, 0.717) is 23.6 Å². The highest BCUT2D eigenvalue weighted by Gasteiger charge is 2.35. The second-order valence-electron chi connectivity index (χ2n) is 6.65. The van der Waals surface area contributed by atoms with Crippen LogP contribution in [0.25, 0.3) is 11.4 Å². The van der Waals surface area contributed by atoms with Crippen LogP contribution in [0, 0.1) is 5.82 Å². The average molecular weight is 422 g/mol. The first kappa shape index (κ1) is 18.4. The minimum Gasteiger partial charge on any atom is -0.467 e. The quantitative estimate of drug-likeness (QED) is 0.491. The molecule has 5 rings (SSSR count). The number of carbonyl (C=O) groups is 1. The molecule has 150 valence electrons. The fraction of sp³-hybridized carbons (Fsp3) is 0.150. The fourth-order valence-corrected chi connectivity index (χ4v) is 3.97. The summed E-state index contributed by atoms with van der Waals surface area (Å²) in [5.74, 6) is 0.344. The van der Waals surface area contributed by atoms with E-state index in [-0.39, 0.29) is 24.3 Å². The predicted molar refractivity (Wildman–Crippen MR) is 107 cm³/mol. The van der Waals surface area contributed by atoms with Crippen molar-refractivity contribution in [3.63, 3.8) is 0 Å². The van der Waals surface area contributed by atoms with E-state index in [1.54, 1.807) is 35.8 Å². The predicted octanol–water partition coefficient (Wildman–Crippen LogP) is 3.51. The van der Waals surface area contributed by atoms with Gasteiger partial charge in [-0.3, -0.25) is 4.79 Å². The van der Waals surface area contributed by atoms with Gasteiger partial charge in [0.1, 0.15) is 24.2 Å². The third-order valence-electron chi connectivity index (χ3n) is 4.68. The lowest BCUT2D eigenvalue weighted by molar-refractivity contribution is -0.134. The number of thiophene rings is 1. The Kier molecular flexibility index (Phi) is 4.68. The van der Waals surface area contributed by atoms with Crippen molar-refractivity contribution in [1.29, 1.82) is 0 Å². The Morgan fingerprint density at radius 2 is 2.07 bits per heavy atom. The molecule has 0 radical (unpaired) electrons. The number of benzene rings is 1. The average Bonchev–Trinajstić information content (AvgIpc) is 3.55. The maximum Gasteiger partial charge on any atom is 0.267 e. The van der Waals surface area contributed by atoms with Crippen LogP contribution in [0.5, 0.6) is 0 Å². The minimum atomic E-state index is -0.348. The van der Waals surface area contributed by atoms with Gasteiger partial charge in [-0.15, -0.1) is 21.5 Å². The first-order valence-electron chi connectivity index (χ1n) is 9.18. The molecule has 1 aromatic carbocycles. The molecule has 10 heteroatoms. The van der Waals surface area contributed by atoms with E-state index in [2.05, 4.69) is 20.5 Å². The summed E-state index contributed by atoms with van der Waals surface area (Å²) in [5.41, 5.74) is 1.45. The minimum absolute atomic E-state index is 0.132. The standard InChI is InChI=1S/C20H15FN6O2S/c21-14-7-5-13(6-8-14)20-22-25-26(24-20)12-19(28)27-16(17-3-1-9-29-17)11-15(23-27)18-4-2-10-30-18/h1-10,16H,11-12H2. The van der Waals surface area contributed by atoms with Gasteiger partial charge in [-0.1, -0.05) is 6.07 Å². The number of hydrazone groups is 1. The zero-order chi connectivity index (χ0) is 20.5. The molecule has 4 heterocycles. The molecule has 0 bridgehead atoms. The van der Waals surface area contributed by atoms with Crippen molar-refractivity contribution in [3.8, 4) is 11.4 Å². The van der Waals surface area contributed by atoms with Crippen molar-refractivity contribution in [2.24, 2.45) is 5.10 Å². The van der Waals surface area contributed by atoms with Crippen molar-refractivity contribution < 1.29 is 13.6 Å². The molecule has 0 spiro atoms. The Bertz CT molecular complexity index is 1180. The molecule has 3 aromatic heterocycles. The molecule has 1 atom stereocenters. The summed E-state index contributed by atoms with van der Waals surface area (Å²) in [5, 5.41) is 20.1. The van der Waals surface area contributed by atoms with Crippen LogP contribution in [0.3, 0.4) is 0 Å². The van der Waals surface area contributed by atoms with Crippen LogP contribution < -0.4 is 0 Å². The number of halogens is 1. The summed E-state index contributed by atoms with van der Waals surface area (Å²) in [6.07, 6.45) is 2.14.